The summed E-state index contributed by atoms with van der Waals surface area (Å²) in [6.45, 7) is 4.51. The van der Waals surface area contributed by atoms with Crippen molar-refractivity contribution in [3.8, 4) is 5.69 Å². The summed E-state index contributed by atoms with van der Waals surface area (Å²) in [6, 6.07) is 13.5. The molecule has 0 aliphatic heterocycles. The molecule has 0 saturated carbocycles. The van der Waals surface area contributed by atoms with Gasteiger partial charge in [-0.05, 0) is 43.2 Å². The molecule has 2 aromatic heterocycles. The van der Waals surface area contributed by atoms with Crippen molar-refractivity contribution in [1.82, 2.24) is 19.3 Å². The normalized spacial score (nSPS) is 11.2. The minimum absolute atomic E-state index is 0.110. The monoisotopic (exact) mass is 364 g/mol. The van der Waals surface area contributed by atoms with Gasteiger partial charge >= 0.3 is 0 Å². The maximum absolute atomic E-state index is 12.8. The second-order valence-electron chi connectivity index (χ2n) is 6.39. The highest BCUT2D eigenvalue weighted by Gasteiger charge is 2.13. The van der Waals surface area contributed by atoms with Gasteiger partial charge in [-0.2, -0.15) is 5.10 Å². The van der Waals surface area contributed by atoms with Crippen LogP contribution in [0.1, 0.15) is 16.7 Å². The minimum atomic E-state index is -0.110. The molecule has 2 aromatic carbocycles. The van der Waals surface area contributed by atoms with Crippen molar-refractivity contribution in [1.29, 1.82) is 0 Å². The molecule has 0 aliphatic rings. The lowest BCUT2D eigenvalue weighted by Crippen LogP contribution is -2.21. The largest absolute Gasteiger partial charge is 0.294 e. The molecular weight excluding hydrogens is 348 g/mol. The van der Waals surface area contributed by atoms with Crippen molar-refractivity contribution < 1.29 is 0 Å². The predicted molar refractivity (Wildman–Crippen MR) is 103 cm³/mol. The number of rotatable bonds is 3. The Hall–Kier alpha value is -2.92. The van der Waals surface area contributed by atoms with Gasteiger partial charge in [0.05, 0.1) is 18.4 Å². The quantitative estimate of drug-likeness (QED) is 0.554. The number of fused-ring (bicyclic) bond motifs is 1. The van der Waals surface area contributed by atoms with E-state index in [0.717, 1.165) is 16.8 Å². The van der Waals surface area contributed by atoms with E-state index in [4.69, 9.17) is 11.6 Å². The van der Waals surface area contributed by atoms with Gasteiger partial charge < -0.3 is 0 Å². The molecule has 0 saturated heterocycles. The number of halogens is 1. The third-order valence-corrected chi connectivity index (χ3v) is 4.65. The van der Waals surface area contributed by atoms with E-state index in [1.165, 1.54) is 5.56 Å². The first-order valence-corrected chi connectivity index (χ1v) is 8.66. The molecule has 0 atom stereocenters. The van der Waals surface area contributed by atoms with E-state index < -0.39 is 0 Å². The second kappa shape index (κ2) is 6.42. The Kier molecular flexibility index (Phi) is 4.09. The van der Waals surface area contributed by atoms with Crippen LogP contribution in [0.25, 0.3) is 16.7 Å². The maximum Gasteiger partial charge on any atom is 0.264 e. The maximum atomic E-state index is 12.8. The fraction of sp³-hybridized carbons (Fsp3) is 0.150. The molecule has 0 bridgehead atoms. The van der Waals surface area contributed by atoms with Gasteiger partial charge in [-0.15, -0.1) is 0 Å². The van der Waals surface area contributed by atoms with Crippen LogP contribution in [0.15, 0.2) is 59.8 Å². The highest BCUT2D eigenvalue weighted by Crippen LogP contribution is 2.19. The summed E-state index contributed by atoms with van der Waals surface area (Å²) in [5, 5.41) is 5.57. The smallest absolute Gasteiger partial charge is 0.264 e. The third-order valence-electron chi connectivity index (χ3n) is 4.40. The first kappa shape index (κ1) is 16.5. The topological polar surface area (TPSA) is 52.7 Å². The van der Waals surface area contributed by atoms with Crippen molar-refractivity contribution in [3.05, 3.63) is 87.1 Å². The van der Waals surface area contributed by atoms with Gasteiger partial charge in [0, 0.05) is 5.02 Å². The van der Waals surface area contributed by atoms with E-state index in [-0.39, 0.29) is 5.56 Å². The lowest BCUT2D eigenvalue weighted by atomic mass is 10.1. The van der Waals surface area contributed by atoms with Crippen molar-refractivity contribution >= 4 is 22.6 Å². The van der Waals surface area contributed by atoms with Crippen molar-refractivity contribution in [2.75, 3.05) is 0 Å². The SMILES string of the molecule is Cc1ccc(-n2ncc3c(=O)n(Cc4ccc(Cl)cc4)cnc32)c(C)c1. The van der Waals surface area contributed by atoms with Gasteiger partial charge in [-0.3, -0.25) is 9.36 Å². The summed E-state index contributed by atoms with van der Waals surface area (Å²) in [5.74, 6) is 0. The van der Waals surface area contributed by atoms with Crippen molar-refractivity contribution in [2.24, 2.45) is 0 Å². The number of aromatic nitrogens is 4. The van der Waals surface area contributed by atoms with E-state index in [0.29, 0.717) is 22.6 Å². The first-order valence-electron chi connectivity index (χ1n) is 8.28. The lowest BCUT2D eigenvalue weighted by Gasteiger charge is -2.09. The van der Waals surface area contributed by atoms with Crippen molar-refractivity contribution in [2.45, 2.75) is 20.4 Å². The number of aryl methyl sites for hydroxylation is 2. The number of benzene rings is 2. The molecule has 5 nitrogen and oxygen atoms in total. The highest BCUT2D eigenvalue weighted by atomic mass is 35.5. The Bertz CT molecular complexity index is 1160. The van der Waals surface area contributed by atoms with Gasteiger partial charge in [0.2, 0.25) is 0 Å². The van der Waals surface area contributed by atoms with Crippen LogP contribution in [0.5, 0.6) is 0 Å². The van der Waals surface area contributed by atoms with Crippen LogP contribution in [0, 0.1) is 13.8 Å². The number of hydrogen-bond donors (Lipinski definition) is 0. The van der Waals surface area contributed by atoms with Gasteiger partial charge in [0.15, 0.2) is 5.65 Å². The van der Waals surface area contributed by atoms with Crippen molar-refractivity contribution in [3.63, 3.8) is 0 Å². The molecule has 0 N–H and O–H groups in total. The molecule has 0 fully saturated rings. The van der Waals surface area contributed by atoms with Crippen LogP contribution < -0.4 is 5.56 Å². The summed E-state index contributed by atoms with van der Waals surface area (Å²) in [4.78, 5) is 17.3. The molecule has 4 rings (SSSR count). The van der Waals surface area contributed by atoms with Gasteiger partial charge in [-0.25, -0.2) is 9.67 Å². The average molecular weight is 365 g/mol. The average Bonchev–Trinajstić information content (AvgIpc) is 3.04. The lowest BCUT2D eigenvalue weighted by molar-refractivity contribution is 0.745. The van der Waals surface area contributed by atoms with E-state index in [1.54, 1.807) is 21.8 Å². The Morgan fingerprint density at radius 2 is 1.85 bits per heavy atom. The fourth-order valence-electron chi connectivity index (χ4n) is 3.07. The van der Waals surface area contributed by atoms with E-state index in [9.17, 15) is 4.79 Å². The zero-order valence-electron chi connectivity index (χ0n) is 14.5. The molecule has 0 amide bonds. The summed E-state index contributed by atoms with van der Waals surface area (Å²) >= 11 is 5.92. The van der Waals surface area contributed by atoms with Gasteiger partial charge in [-0.1, -0.05) is 41.4 Å². The van der Waals surface area contributed by atoms with E-state index in [2.05, 4.69) is 16.1 Å². The van der Waals surface area contributed by atoms with Crippen LogP contribution >= 0.6 is 11.6 Å². The molecule has 6 heteroatoms. The van der Waals surface area contributed by atoms with E-state index >= 15 is 0 Å². The molecule has 4 aromatic rings. The summed E-state index contributed by atoms with van der Waals surface area (Å²) in [5.41, 5.74) is 4.63. The van der Waals surface area contributed by atoms with Crippen LogP contribution in [-0.4, -0.2) is 19.3 Å². The third kappa shape index (κ3) is 2.91. The Morgan fingerprint density at radius 1 is 1.08 bits per heavy atom. The molecule has 0 spiro atoms. The molecule has 2 heterocycles. The molecule has 130 valence electrons. The zero-order chi connectivity index (χ0) is 18.3. The molecular formula is C20H17ClN4O. The summed E-state index contributed by atoms with van der Waals surface area (Å²) in [6.07, 6.45) is 3.16. The molecule has 0 unspecified atom stereocenters. The molecule has 0 radical (unpaired) electrons. The number of nitrogens with zero attached hydrogens (tertiary/aromatic N) is 4. The van der Waals surface area contributed by atoms with Crippen LogP contribution in [0.2, 0.25) is 5.02 Å². The summed E-state index contributed by atoms with van der Waals surface area (Å²) < 4.78 is 3.30. The highest BCUT2D eigenvalue weighted by molar-refractivity contribution is 6.30. The Balaban J connectivity index is 1.78. The van der Waals surface area contributed by atoms with Gasteiger partial charge in [0.25, 0.3) is 5.56 Å². The van der Waals surface area contributed by atoms with Crippen LogP contribution in [0.4, 0.5) is 0 Å². The summed E-state index contributed by atoms with van der Waals surface area (Å²) in [7, 11) is 0. The molecule has 0 aliphatic carbocycles. The van der Waals surface area contributed by atoms with E-state index in [1.807, 2.05) is 50.2 Å². The second-order valence-corrected chi connectivity index (χ2v) is 6.82. The fourth-order valence-corrected chi connectivity index (χ4v) is 3.19. The standard InChI is InChI=1S/C20H17ClN4O/c1-13-3-8-18(14(2)9-13)25-19-17(10-23-25)20(26)24(12-22-19)11-15-4-6-16(21)7-5-15/h3-10,12H,11H2,1-2H3. The van der Waals surface area contributed by atoms with Crippen LogP contribution in [0.3, 0.4) is 0 Å². The Labute approximate surface area is 155 Å². The molecule has 26 heavy (non-hydrogen) atoms. The van der Waals surface area contributed by atoms with Crippen LogP contribution in [-0.2, 0) is 6.54 Å². The minimum Gasteiger partial charge on any atom is -0.294 e. The number of hydrogen-bond acceptors (Lipinski definition) is 3. The Morgan fingerprint density at radius 3 is 2.58 bits per heavy atom. The predicted octanol–water partition coefficient (Wildman–Crippen LogP) is 3.90. The van der Waals surface area contributed by atoms with Gasteiger partial charge in [0.1, 0.15) is 11.7 Å². The zero-order valence-corrected chi connectivity index (χ0v) is 15.2. The first-order chi connectivity index (χ1) is 12.5.